The molecule has 1 amide bonds. The molecule has 14 heteroatoms. The van der Waals surface area contributed by atoms with Crippen LogP contribution in [0.3, 0.4) is 0 Å². The van der Waals surface area contributed by atoms with Crippen LogP contribution in [0.25, 0.3) is 11.0 Å². The molecule has 2 aliphatic rings. The van der Waals surface area contributed by atoms with E-state index in [9.17, 15) is 31.1 Å². The molecular formula is C25H17BrClF6N5O. The van der Waals surface area contributed by atoms with Gasteiger partial charge in [0.05, 0.1) is 22.3 Å². The van der Waals surface area contributed by atoms with Crippen molar-refractivity contribution in [3.8, 4) is 0 Å². The number of rotatable bonds is 7. The number of carbonyl (C=O) groups is 1. The lowest BCUT2D eigenvalue weighted by Gasteiger charge is -2.21. The van der Waals surface area contributed by atoms with Crippen LogP contribution in [0.15, 0.2) is 34.9 Å². The summed E-state index contributed by atoms with van der Waals surface area (Å²) in [7, 11) is 0. The van der Waals surface area contributed by atoms with Gasteiger partial charge in [-0.2, -0.15) is 13.9 Å². The van der Waals surface area contributed by atoms with E-state index in [1.54, 1.807) is 6.07 Å². The fourth-order valence-electron chi connectivity index (χ4n) is 5.38. The smallest absolute Gasteiger partial charge is 0.293 e. The SMILES string of the molecule is O=C(Cn1nc(C(F)F)c2c1C(F)(F)[C@@H]1C[C@H]21)N[C@@H](Cc1cc(F)cc(F)c1)c1nc2c(Cl)c[nH]c2cc1Br. The molecule has 1 fully saturated rings. The maximum absolute atomic E-state index is 14.9. The molecule has 1 aromatic carbocycles. The van der Waals surface area contributed by atoms with E-state index in [1.165, 1.54) is 6.20 Å². The Hall–Kier alpha value is -3.06. The number of hydrogen-bond donors (Lipinski definition) is 2. The number of H-pyrrole nitrogens is 1. The molecule has 4 aromatic rings. The molecule has 2 N–H and O–H groups in total. The average Bonchev–Trinajstić information content (AvgIpc) is 3.36. The summed E-state index contributed by atoms with van der Waals surface area (Å²) in [6, 6.07) is 3.49. The van der Waals surface area contributed by atoms with Crippen LogP contribution >= 0.6 is 27.5 Å². The van der Waals surface area contributed by atoms with E-state index in [0.29, 0.717) is 26.3 Å². The van der Waals surface area contributed by atoms with Crippen LogP contribution in [0.1, 0.15) is 53.0 Å². The number of hydrogen-bond acceptors (Lipinski definition) is 3. The monoisotopic (exact) mass is 631 g/mol. The van der Waals surface area contributed by atoms with E-state index in [4.69, 9.17) is 11.6 Å². The van der Waals surface area contributed by atoms with Gasteiger partial charge < -0.3 is 10.3 Å². The van der Waals surface area contributed by atoms with Gasteiger partial charge in [-0.25, -0.2) is 22.5 Å². The number of aromatic nitrogens is 4. The zero-order valence-electron chi connectivity index (χ0n) is 19.6. The van der Waals surface area contributed by atoms with Gasteiger partial charge in [0.15, 0.2) is 0 Å². The normalized spacial score (nSPS) is 19.8. The molecule has 6 rings (SSSR count). The predicted molar refractivity (Wildman–Crippen MR) is 132 cm³/mol. The average molecular weight is 633 g/mol. The van der Waals surface area contributed by atoms with E-state index < -0.39 is 65.7 Å². The van der Waals surface area contributed by atoms with Crippen LogP contribution in [0.5, 0.6) is 0 Å². The number of aromatic amines is 1. The number of nitrogens with one attached hydrogen (secondary N) is 2. The molecule has 1 saturated carbocycles. The lowest BCUT2D eigenvalue weighted by Crippen LogP contribution is -2.35. The lowest BCUT2D eigenvalue weighted by atomic mass is 10.0. The highest BCUT2D eigenvalue weighted by Crippen LogP contribution is 2.68. The van der Waals surface area contributed by atoms with Crippen LogP contribution in [0.2, 0.25) is 5.02 Å². The summed E-state index contributed by atoms with van der Waals surface area (Å²) in [5.74, 6) is -7.68. The zero-order chi connectivity index (χ0) is 27.8. The maximum Gasteiger partial charge on any atom is 0.293 e. The van der Waals surface area contributed by atoms with Gasteiger partial charge >= 0.3 is 0 Å². The van der Waals surface area contributed by atoms with E-state index in [-0.39, 0.29) is 34.7 Å². The Morgan fingerprint density at radius 1 is 1.21 bits per heavy atom. The number of benzene rings is 1. The topological polar surface area (TPSA) is 75.6 Å². The van der Waals surface area contributed by atoms with Gasteiger partial charge in [0.2, 0.25) is 5.91 Å². The highest BCUT2D eigenvalue weighted by molar-refractivity contribution is 9.10. The number of halogens is 8. The number of pyridine rings is 1. The lowest BCUT2D eigenvalue weighted by molar-refractivity contribution is -0.123. The number of alkyl halides is 4. The number of carbonyl (C=O) groups excluding carboxylic acids is 1. The quantitative estimate of drug-likeness (QED) is 0.223. The zero-order valence-corrected chi connectivity index (χ0v) is 21.9. The predicted octanol–water partition coefficient (Wildman–Crippen LogP) is 6.70. The van der Waals surface area contributed by atoms with Crippen molar-refractivity contribution in [2.24, 2.45) is 5.92 Å². The second kappa shape index (κ2) is 9.26. The summed E-state index contributed by atoms with van der Waals surface area (Å²) < 4.78 is 86.0. The van der Waals surface area contributed by atoms with Gasteiger partial charge in [0.25, 0.3) is 12.3 Å². The molecule has 0 radical (unpaired) electrons. The first kappa shape index (κ1) is 26.2. The van der Waals surface area contributed by atoms with E-state index in [2.05, 4.69) is 36.3 Å². The molecule has 0 unspecified atom stereocenters. The van der Waals surface area contributed by atoms with Crippen LogP contribution in [0.4, 0.5) is 26.3 Å². The second-order valence-corrected chi connectivity index (χ2v) is 10.9. The molecule has 3 heterocycles. The molecule has 6 nitrogen and oxygen atoms in total. The largest absolute Gasteiger partial charge is 0.358 e. The van der Waals surface area contributed by atoms with Crippen molar-refractivity contribution in [1.82, 2.24) is 25.1 Å². The summed E-state index contributed by atoms with van der Waals surface area (Å²) in [6.45, 7) is -0.775. The Bertz CT molecular complexity index is 1620. The first-order valence-corrected chi connectivity index (χ1v) is 13.0. The third kappa shape index (κ3) is 4.48. The Morgan fingerprint density at radius 3 is 2.62 bits per heavy atom. The van der Waals surface area contributed by atoms with Crippen molar-refractivity contribution < 1.29 is 31.1 Å². The number of fused-ring (bicyclic) bond motifs is 4. The maximum atomic E-state index is 14.9. The van der Waals surface area contributed by atoms with Gasteiger partial charge in [-0.3, -0.25) is 9.48 Å². The second-order valence-electron chi connectivity index (χ2n) is 9.67. The fraction of sp³-hybridized carbons (Fsp3) is 0.320. The Balaban J connectivity index is 1.35. The summed E-state index contributed by atoms with van der Waals surface area (Å²) in [5, 5.41) is 6.60. The Morgan fingerprint density at radius 2 is 1.92 bits per heavy atom. The third-order valence-corrected chi connectivity index (χ3v) is 7.99. The summed E-state index contributed by atoms with van der Waals surface area (Å²) >= 11 is 9.59. The molecule has 0 bridgehead atoms. The third-order valence-electron chi connectivity index (χ3n) is 7.07. The highest BCUT2D eigenvalue weighted by Gasteiger charge is 2.67. The molecule has 0 aliphatic heterocycles. The molecular weight excluding hydrogens is 616 g/mol. The molecule has 3 aromatic heterocycles. The van der Waals surface area contributed by atoms with Gasteiger partial charge in [-0.1, -0.05) is 11.6 Å². The van der Waals surface area contributed by atoms with E-state index in [1.807, 2.05) is 0 Å². The first-order chi connectivity index (χ1) is 18.4. The first-order valence-electron chi connectivity index (χ1n) is 11.8. The van der Waals surface area contributed by atoms with Gasteiger partial charge in [0, 0.05) is 28.2 Å². The highest BCUT2D eigenvalue weighted by atomic mass is 79.9. The number of nitrogens with zero attached hydrogens (tertiary/aromatic N) is 3. The minimum absolute atomic E-state index is 0.0910. The van der Waals surface area contributed by atoms with E-state index >= 15 is 0 Å². The minimum Gasteiger partial charge on any atom is -0.358 e. The molecule has 0 spiro atoms. The van der Waals surface area contributed by atoms with Crippen molar-refractivity contribution in [3.05, 3.63) is 79.8 Å². The van der Waals surface area contributed by atoms with Crippen molar-refractivity contribution in [3.63, 3.8) is 0 Å². The Labute approximate surface area is 229 Å². The van der Waals surface area contributed by atoms with Crippen molar-refractivity contribution in [1.29, 1.82) is 0 Å². The summed E-state index contributed by atoms with van der Waals surface area (Å²) in [5.41, 5.74) is -0.235. The van der Waals surface area contributed by atoms with Crippen LogP contribution < -0.4 is 5.32 Å². The van der Waals surface area contributed by atoms with Crippen molar-refractivity contribution in [2.75, 3.05) is 0 Å². The van der Waals surface area contributed by atoms with Gasteiger partial charge in [-0.15, -0.1) is 0 Å². The fourth-order valence-corrected chi connectivity index (χ4v) is 6.18. The van der Waals surface area contributed by atoms with Crippen LogP contribution in [-0.2, 0) is 23.7 Å². The Kier molecular flexibility index (Phi) is 6.21. The van der Waals surface area contributed by atoms with Gasteiger partial charge in [0.1, 0.15) is 35.1 Å². The molecule has 0 saturated heterocycles. The molecule has 204 valence electrons. The molecule has 2 aliphatic carbocycles. The minimum atomic E-state index is -3.39. The van der Waals surface area contributed by atoms with E-state index in [0.717, 1.165) is 12.1 Å². The van der Waals surface area contributed by atoms with Crippen LogP contribution in [-0.4, -0.2) is 25.7 Å². The number of amides is 1. The summed E-state index contributed by atoms with van der Waals surface area (Å²) in [6.07, 6.45) is -1.62. The molecule has 39 heavy (non-hydrogen) atoms. The summed E-state index contributed by atoms with van der Waals surface area (Å²) in [4.78, 5) is 20.6. The van der Waals surface area contributed by atoms with Crippen LogP contribution in [0, 0.1) is 17.6 Å². The molecule has 3 atom stereocenters. The van der Waals surface area contributed by atoms with Crippen molar-refractivity contribution >= 4 is 44.5 Å². The standard InChI is InChI=1S/C25H17BrClF6N5O/c26-14-6-16-21(15(27)7-34-16)36-20(14)17(3-9-1-10(28)4-11(29)2-9)35-18(39)8-38-23-19(22(37-38)24(30)31)12-5-13(12)25(23,32)33/h1-2,4,6-7,12-13,17,24,34H,3,5,8H2,(H,35,39)/t12-,13+,17-/m0/s1. The van der Waals surface area contributed by atoms with Crippen molar-refractivity contribution in [2.45, 2.75) is 43.7 Å². The van der Waals surface area contributed by atoms with Gasteiger partial charge in [-0.05, 0) is 58.5 Å².